The van der Waals surface area contributed by atoms with E-state index in [0.29, 0.717) is 35.9 Å². The lowest BCUT2D eigenvalue weighted by molar-refractivity contribution is 0.565. The number of aromatic nitrogens is 2. The maximum atomic E-state index is 15.2. The Morgan fingerprint density at radius 1 is 1.20 bits per heavy atom. The third kappa shape index (κ3) is 2.89. The molecule has 2 aromatic rings. The largest absolute Gasteiger partial charge is 0.367 e. The molecule has 1 aliphatic heterocycles. The molecule has 0 bridgehead atoms. The lowest BCUT2D eigenvalue weighted by atomic mass is 10.2. The third-order valence-corrected chi connectivity index (χ3v) is 4.95. The van der Waals surface area contributed by atoms with Crippen molar-refractivity contribution in [2.75, 3.05) is 23.8 Å². The summed E-state index contributed by atoms with van der Waals surface area (Å²) in [6, 6.07) is 3.13. The van der Waals surface area contributed by atoms with Gasteiger partial charge in [0.2, 0.25) is 0 Å². The minimum absolute atomic E-state index is 0. The highest BCUT2D eigenvalue weighted by Gasteiger charge is 2.28. The van der Waals surface area contributed by atoms with Crippen LogP contribution in [0.15, 0.2) is 21.7 Å². The molecule has 25 heavy (non-hydrogen) atoms. The summed E-state index contributed by atoms with van der Waals surface area (Å²) in [5.74, 6) is 5.39. The van der Waals surface area contributed by atoms with Gasteiger partial charge in [-0.15, -0.1) is 12.4 Å². The molecule has 7 nitrogen and oxygen atoms in total. The zero-order valence-electron chi connectivity index (χ0n) is 13.7. The van der Waals surface area contributed by atoms with Crippen LogP contribution in [0.1, 0.15) is 19.3 Å². The van der Waals surface area contributed by atoms with Gasteiger partial charge in [-0.2, -0.15) is 4.68 Å². The Hall–Kier alpha value is -2.06. The first kappa shape index (κ1) is 17.8. The molecule has 0 spiro atoms. The zero-order valence-corrected chi connectivity index (χ0v) is 14.5. The molecule has 1 aromatic heterocycles. The maximum Gasteiger partial charge on any atom is 0.350 e. The smallest absolute Gasteiger partial charge is 0.350 e. The number of anilines is 1. The zero-order chi connectivity index (χ0) is 17.0. The number of nitrogens with zero attached hydrogens (tertiary/aromatic N) is 3. The van der Waals surface area contributed by atoms with Gasteiger partial charge in [-0.25, -0.2) is 9.18 Å². The predicted octanol–water partition coefficient (Wildman–Crippen LogP) is 0.385. The van der Waals surface area contributed by atoms with E-state index >= 15 is 4.39 Å². The van der Waals surface area contributed by atoms with Gasteiger partial charge in [0, 0.05) is 25.7 Å². The van der Waals surface area contributed by atoms with Crippen molar-refractivity contribution in [1.29, 1.82) is 0 Å². The van der Waals surface area contributed by atoms with E-state index < -0.39 is 17.1 Å². The molecule has 136 valence electrons. The van der Waals surface area contributed by atoms with Crippen molar-refractivity contribution in [3.05, 3.63) is 38.8 Å². The van der Waals surface area contributed by atoms with E-state index in [4.69, 9.17) is 11.6 Å². The van der Waals surface area contributed by atoms with Crippen LogP contribution in [0.3, 0.4) is 0 Å². The fraction of sp³-hybridized carbons (Fsp3) is 0.500. The van der Waals surface area contributed by atoms with E-state index in [9.17, 15) is 9.59 Å². The van der Waals surface area contributed by atoms with E-state index in [-0.39, 0.29) is 29.4 Å². The van der Waals surface area contributed by atoms with E-state index in [1.165, 1.54) is 4.57 Å². The first-order chi connectivity index (χ1) is 11.5. The van der Waals surface area contributed by atoms with Crippen LogP contribution < -0.4 is 27.7 Å². The van der Waals surface area contributed by atoms with Crippen LogP contribution >= 0.6 is 12.4 Å². The van der Waals surface area contributed by atoms with Crippen LogP contribution in [0.5, 0.6) is 0 Å². The van der Waals surface area contributed by atoms with Crippen molar-refractivity contribution in [1.82, 2.24) is 9.24 Å². The number of benzene rings is 1. The first-order valence-corrected chi connectivity index (χ1v) is 8.21. The lowest BCUT2D eigenvalue weighted by Gasteiger charge is -2.21. The number of hydrogen-bond acceptors (Lipinski definition) is 5. The Bertz CT molecular complexity index is 937. The second-order valence-corrected chi connectivity index (χ2v) is 6.80. The van der Waals surface area contributed by atoms with Gasteiger partial charge < -0.3 is 16.5 Å². The molecule has 1 aliphatic carbocycles. The molecule has 1 saturated heterocycles. The van der Waals surface area contributed by atoms with Crippen molar-refractivity contribution in [2.24, 2.45) is 11.7 Å². The fourth-order valence-electron chi connectivity index (χ4n) is 3.41. The van der Waals surface area contributed by atoms with Gasteiger partial charge in [0.25, 0.3) is 5.56 Å². The third-order valence-electron chi connectivity index (χ3n) is 4.95. The average molecular weight is 370 g/mol. The minimum atomic E-state index is -0.675. The molecule has 2 heterocycles. The summed E-state index contributed by atoms with van der Waals surface area (Å²) in [7, 11) is 0. The standard InChI is InChI=1S/C16H20FN5O2.ClH/c17-13-12(20-6-5-10(18)8-20)4-3-11-14(13)21(7-9-1-2-9)16(24)22(19)15(11)23;/h3-4,9-10H,1-2,5-8,18-19H2;1H/t10-;/m0./s1. The topological polar surface area (TPSA) is 99.3 Å². The van der Waals surface area contributed by atoms with Gasteiger partial charge in [0.1, 0.15) is 0 Å². The monoisotopic (exact) mass is 369 g/mol. The second-order valence-electron chi connectivity index (χ2n) is 6.80. The summed E-state index contributed by atoms with van der Waals surface area (Å²) in [6.45, 7) is 1.60. The van der Waals surface area contributed by atoms with Gasteiger partial charge in [-0.1, -0.05) is 0 Å². The summed E-state index contributed by atoms with van der Waals surface area (Å²) >= 11 is 0. The highest BCUT2D eigenvalue weighted by molar-refractivity contribution is 5.85. The van der Waals surface area contributed by atoms with Crippen molar-refractivity contribution >= 4 is 29.0 Å². The Balaban J connectivity index is 0.00000182. The van der Waals surface area contributed by atoms with Crippen molar-refractivity contribution in [2.45, 2.75) is 31.8 Å². The van der Waals surface area contributed by atoms with Crippen LogP contribution in [-0.2, 0) is 6.54 Å². The first-order valence-electron chi connectivity index (χ1n) is 8.21. The molecular formula is C16H21ClFN5O2. The summed E-state index contributed by atoms with van der Waals surface area (Å²) < 4.78 is 17.1. The molecule has 0 unspecified atom stereocenters. The lowest BCUT2D eigenvalue weighted by Crippen LogP contribution is -2.45. The number of hydrogen-bond donors (Lipinski definition) is 2. The molecule has 1 atom stereocenters. The van der Waals surface area contributed by atoms with Crippen molar-refractivity contribution < 1.29 is 4.39 Å². The summed E-state index contributed by atoms with van der Waals surface area (Å²) in [5, 5.41) is 0.127. The quantitative estimate of drug-likeness (QED) is 0.762. The van der Waals surface area contributed by atoms with Crippen molar-refractivity contribution in [3.8, 4) is 0 Å². The molecular weight excluding hydrogens is 349 g/mol. The Kier molecular flexibility index (Phi) is 4.51. The summed E-state index contributed by atoms with van der Waals surface area (Å²) in [6.07, 6.45) is 2.79. The number of nitrogens with two attached hydrogens (primary N) is 2. The molecule has 4 rings (SSSR count). The van der Waals surface area contributed by atoms with Crippen LogP contribution in [0.25, 0.3) is 10.9 Å². The van der Waals surface area contributed by atoms with E-state index in [2.05, 4.69) is 0 Å². The van der Waals surface area contributed by atoms with E-state index in [0.717, 1.165) is 19.3 Å². The molecule has 4 N–H and O–H groups in total. The molecule has 2 aliphatic rings. The van der Waals surface area contributed by atoms with Gasteiger partial charge in [0.05, 0.1) is 16.6 Å². The predicted molar refractivity (Wildman–Crippen MR) is 97.4 cm³/mol. The summed E-state index contributed by atoms with van der Waals surface area (Å²) in [4.78, 5) is 26.5. The fourth-order valence-corrected chi connectivity index (χ4v) is 3.41. The van der Waals surface area contributed by atoms with Gasteiger partial charge in [0.15, 0.2) is 5.82 Å². The number of nitrogen functional groups attached to an aromatic ring is 1. The Labute approximate surface area is 149 Å². The van der Waals surface area contributed by atoms with E-state index in [1.54, 1.807) is 12.1 Å². The highest BCUT2D eigenvalue weighted by atomic mass is 35.5. The number of rotatable bonds is 3. The molecule has 1 aromatic carbocycles. The molecule has 2 fully saturated rings. The van der Waals surface area contributed by atoms with Crippen LogP contribution in [0, 0.1) is 11.7 Å². The molecule has 0 amide bonds. The van der Waals surface area contributed by atoms with Gasteiger partial charge >= 0.3 is 5.69 Å². The highest BCUT2D eigenvalue weighted by Crippen LogP contribution is 2.32. The maximum absolute atomic E-state index is 15.2. The molecule has 9 heteroatoms. The minimum Gasteiger partial charge on any atom is -0.367 e. The number of fused-ring (bicyclic) bond motifs is 1. The molecule has 0 radical (unpaired) electrons. The van der Waals surface area contributed by atoms with Gasteiger partial charge in [-0.3, -0.25) is 9.36 Å². The van der Waals surface area contributed by atoms with E-state index in [1.807, 2.05) is 4.90 Å². The Morgan fingerprint density at radius 2 is 1.92 bits per heavy atom. The van der Waals surface area contributed by atoms with Crippen LogP contribution in [-0.4, -0.2) is 28.4 Å². The normalized spacial score (nSPS) is 20.1. The number of halogens is 2. The molecule has 1 saturated carbocycles. The Morgan fingerprint density at radius 3 is 2.52 bits per heavy atom. The van der Waals surface area contributed by atoms with Gasteiger partial charge in [-0.05, 0) is 37.3 Å². The SMILES string of the molecule is Cl.N[C@H]1CCN(c2ccc3c(=O)n(N)c(=O)n(CC4CC4)c3c2F)C1. The van der Waals surface area contributed by atoms with Crippen LogP contribution in [0.4, 0.5) is 10.1 Å². The average Bonchev–Trinajstić information content (AvgIpc) is 3.28. The summed E-state index contributed by atoms with van der Waals surface area (Å²) in [5.41, 5.74) is 5.00. The van der Waals surface area contributed by atoms with Crippen LogP contribution in [0.2, 0.25) is 0 Å². The van der Waals surface area contributed by atoms with Crippen molar-refractivity contribution in [3.63, 3.8) is 0 Å². The second kappa shape index (κ2) is 6.34.